The fraction of sp³-hybridized carbons (Fsp3) is 0.385. The molecule has 27 heteroatoms. The first kappa shape index (κ1) is 99.2. The van der Waals surface area contributed by atoms with Crippen LogP contribution in [-0.4, -0.2) is 142 Å². The predicted molar refractivity (Wildman–Crippen MR) is 485 cm³/mol. The van der Waals surface area contributed by atoms with Crippen molar-refractivity contribution in [1.29, 1.82) is 0 Å². The summed E-state index contributed by atoms with van der Waals surface area (Å²) in [5.74, 6) is 0.156. The maximum absolute atomic E-state index is 12.3. The van der Waals surface area contributed by atoms with Gasteiger partial charge in [0.25, 0.3) is 11.1 Å². The number of pyridine rings is 2. The first-order chi connectivity index (χ1) is 57.0. The quantitative estimate of drug-likeness (QED) is 0.00757. The van der Waals surface area contributed by atoms with Crippen LogP contribution in [0.2, 0.25) is 0 Å². The molecule has 0 unspecified atom stereocenters. The zero-order valence-electron chi connectivity index (χ0n) is 74.1. The van der Waals surface area contributed by atoms with Gasteiger partial charge in [0.2, 0.25) is 5.91 Å². The number of fused-ring (bicyclic) bond motifs is 5. The Hall–Kier alpha value is -11.0. The number of nitrogens with two attached hydrogens (primary N) is 1. The van der Waals surface area contributed by atoms with Gasteiger partial charge in [-0.15, -0.1) is 0 Å². The van der Waals surface area contributed by atoms with Crippen molar-refractivity contribution in [3.8, 4) is 22.5 Å². The summed E-state index contributed by atoms with van der Waals surface area (Å²) in [7, 11) is 17.0. The fourth-order valence-corrected chi connectivity index (χ4v) is 14.1. The zero-order valence-corrected chi connectivity index (χ0v) is 75.7. The van der Waals surface area contributed by atoms with Crippen LogP contribution in [0.3, 0.4) is 0 Å². The second-order valence-corrected chi connectivity index (χ2v) is 34.6. The largest absolute Gasteiger partial charge is 1.00 e. The standard InChI is InChI=1S/C19H18N2O3.C18H16N2O3.C18H24N2.C14H15NO.C9H8BrN.C7H13NO2.C7H10O4.C4H11N.Li.2H2O/c1-21-8-7-12-9-13(5-6-16(12)21)17-14(11-3-4-11)10-15(18(22)20-17)19(23)24-2;1-20-7-6-11-8-12(4-5-15(11)20)16-13(10-2-3-10)9-14(18(22)23)17(21)19-16;1-18(2,3)19-16(11-13-5-6-13)14-7-8-17-15(12-14)9-10-20(17)4;1-15-7-6-11-9-12(4-5-13(11)15)14(16)8-10-2-3-10;1-11-5-4-7-6-8(10)2-3-9(7)11;1-8(10-2)7(9)5-6-3-4-6;1-4-5(6(8)10-2)7(9)11-3;1-4(2,3)5;;;/h5-11H,3-4H2,1-2H3,(H,20,22);4-10H,2-3H2,1H3,(H,19,21)(H,22,23);7-10,12-13H,5-6,11H2,1-4H3;4-7,9-10H,2-3,8H2,1H3;2-6H,1H3;6H,3-5H2,1-2H3;4H,1-3H3;5H2,1-3H3;;2*1H2/q;;;;;;;;+1;;/p-2. The molecule has 650 valence electrons. The Labute approximate surface area is 738 Å². The van der Waals surface area contributed by atoms with Crippen LogP contribution in [0, 0.1) is 17.8 Å². The number of carboxylic acids is 1. The summed E-state index contributed by atoms with van der Waals surface area (Å²) in [6.45, 7) is 14.0. The number of benzene rings is 5. The number of allylic oxidation sites excluding steroid dienone is 1. The molecule has 7 N–H and O–H groups in total. The third kappa shape index (κ3) is 28.0. The average Bonchev–Trinajstić information content (AvgIpc) is 1.74. The zero-order chi connectivity index (χ0) is 87.2. The van der Waals surface area contributed by atoms with E-state index in [1.165, 1.54) is 117 Å². The van der Waals surface area contributed by atoms with Crippen molar-refractivity contribution >= 4 is 112 Å². The van der Waals surface area contributed by atoms with E-state index in [0.717, 1.165) is 115 Å². The van der Waals surface area contributed by atoms with E-state index in [1.807, 2.05) is 120 Å². The number of aromatic carboxylic acids is 1. The maximum Gasteiger partial charge on any atom is 1.00 e. The van der Waals surface area contributed by atoms with E-state index in [4.69, 9.17) is 20.3 Å². The van der Waals surface area contributed by atoms with Crippen LogP contribution >= 0.6 is 15.9 Å². The first-order valence-corrected chi connectivity index (χ1v) is 41.6. The molecule has 5 aromatic carbocycles. The topological polar surface area (TPSA) is 352 Å². The van der Waals surface area contributed by atoms with Gasteiger partial charge in [-0.3, -0.25) is 29.0 Å². The number of carbonyl (C=O) groups excluding carboxylic acids is 5. The number of hydrogen-bond acceptors (Lipinski definition) is 16. The van der Waals surface area contributed by atoms with Crippen LogP contribution in [0.25, 0.3) is 77.0 Å². The third-order valence-corrected chi connectivity index (χ3v) is 21.6. The van der Waals surface area contributed by atoms with Gasteiger partial charge in [0.05, 0.1) is 45.4 Å². The van der Waals surface area contributed by atoms with E-state index in [2.05, 4.69) is 168 Å². The van der Waals surface area contributed by atoms with Gasteiger partial charge in [0, 0.05) is 162 Å². The summed E-state index contributed by atoms with van der Waals surface area (Å²) in [5, 5.41) is 16.4. The molecule has 7 aromatic heterocycles. The predicted octanol–water partition coefficient (Wildman–Crippen LogP) is 15.5. The third-order valence-electron chi connectivity index (χ3n) is 21.1. The Balaban J connectivity index is 0.000000199. The van der Waals surface area contributed by atoms with Gasteiger partial charge in [0.15, 0.2) is 5.78 Å². The van der Waals surface area contributed by atoms with Crippen LogP contribution in [0.15, 0.2) is 195 Å². The number of aryl methyl sites for hydroxylation is 5. The molecule has 1 amide bonds. The Kier molecular flexibility index (Phi) is 35.4. The number of nitrogens with one attached hydrogen (secondary N) is 2. The average molecular weight is 1740 g/mol. The van der Waals surface area contributed by atoms with Gasteiger partial charge < -0.3 is 68.8 Å². The first-order valence-electron chi connectivity index (χ1n) is 40.8. The number of hydrogen-bond donors (Lipinski definition) is 4. The number of esters is 3. The number of carbonyl (C=O) groups is 6. The molecular formula is C96H117BrLiN10O15-. The molecule has 0 spiro atoms. The van der Waals surface area contributed by atoms with Crippen molar-refractivity contribution in [1.82, 2.24) is 37.9 Å². The summed E-state index contributed by atoms with van der Waals surface area (Å²) < 4.78 is 24.9. The number of rotatable bonds is 17. The molecule has 0 bridgehead atoms. The number of aromatic amines is 2. The Bertz CT molecular complexity index is 5880. The van der Waals surface area contributed by atoms with Crippen molar-refractivity contribution in [3.63, 3.8) is 0 Å². The molecule has 0 atom stereocenters. The number of aliphatic imine (C=N–C) groups is 1. The second kappa shape index (κ2) is 43.9. The summed E-state index contributed by atoms with van der Waals surface area (Å²) in [6, 6.07) is 44.9. The molecule has 5 saturated carbocycles. The molecule has 0 radical (unpaired) electrons. The monoisotopic (exact) mass is 1740 g/mol. The molecule has 25 nitrogen and oxygen atoms in total. The van der Waals surface area contributed by atoms with Crippen LogP contribution in [0.5, 0.6) is 0 Å². The Morgan fingerprint density at radius 1 is 0.504 bits per heavy atom. The van der Waals surface area contributed by atoms with Gasteiger partial charge in [-0.25, -0.2) is 24.2 Å². The van der Waals surface area contributed by atoms with Crippen molar-refractivity contribution in [2.75, 3.05) is 35.5 Å². The minimum atomic E-state index is -1.18. The number of methoxy groups -OCH3 is 3. The number of Topliss-reactive ketones (excluding diaryl/α,β-unsaturated/α-hetero) is 1. The van der Waals surface area contributed by atoms with Crippen LogP contribution < -0.4 is 35.7 Å². The van der Waals surface area contributed by atoms with Crippen molar-refractivity contribution in [2.45, 2.75) is 155 Å². The number of ether oxygens (including phenoxy) is 3. The minimum absolute atomic E-state index is 0. The summed E-state index contributed by atoms with van der Waals surface area (Å²) >= 11 is 3.43. The molecule has 7 heterocycles. The van der Waals surface area contributed by atoms with Crippen LogP contribution in [-0.2, 0) is 68.7 Å². The Morgan fingerprint density at radius 3 is 1.24 bits per heavy atom. The number of aromatic nitrogens is 7. The Morgan fingerprint density at radius 2 is 0.862 bits per heavy atom. The number of nitrogens with zero attached hydrogens (tertiary/aromatic N) is 7. The van der Waals surface area contributed by atoms with Gasteiger partial charge in [0.1, 0.15) is 16.7 Å². The number of carboxylic acid groups (broad SMARTS) is 1. The van der Waals surface area contributed by atoms with E-state index in [9.17, 15) is 43.5 Å². The number of hydroxylamine groups is 2. The van der Waals surface area contributed by atoms with Crippen molar-refractivity contribution in [2.24, 2.45) is 63.7 Å². The molecule has 123 heavy (non-hydrogen) atoms. The van der Waals surface area contributed by atoms with Crippen LogP contribution in [0.1, 0.15) is 192 Å². The second-order valence-electron chi connectivity index (χ2n) is 33.7. The van der Waals surface area contributed by atoms with Crippen molar-refractivity contribution in [3.05, 3.63) is 235 Å². The summed E-state index contributed by atoms with van der Waals surface area (Å²) in [5.41, 5.74) is 19.0. The van der Waals surface area contributed by atoms with Gasteiger partial charge in [-0.1, -0.05) is 40.2 Å². The summed E-state index contributed by atoms with van der Waals surface area (Å²) in [6.07, 6.45) is 25.9. The normalized spacial score (nSPS) is 13.8. The van der Waals surface area contributed by atoms with Crippen LogP contribution in [0.4, 0.5) is 0 Å². The minimum Gasteiger partial charge on any atom is -0.870 e. The number of H-pyrrole nitrogens is 2. The number of ketones is 1. The molecule has 0 aliphatic heterocycles. The number of amides is 1. The molecule has 5 aliphatic carbocycles. The van der Waals surface area contributed by atoms with E-state index in [0.29, 0.717) is 35.9 Å². The fourth-order valence-electron chi connectivity index (χ4n) is 13.7. The molecular weight excluding hydrogens is 1620 g/mol. The van der Waals surface area contributed by atoms with E-state index in [1.54, 1.807) is 26.1 Å². The maximum atomic E-state index is 12.3. The smallest absolute Gasteiger partial charge is 0.870 e. The molecule has 17 rings (SSSR count). The van der Waals surface area contributed by atoms with Gasteiger partial charge in [-0.2, -0.15) is 0 Å². The molecule has 0 saturated heterocycles. The summed E-state index contributed by atoms with van der Waals surface area (Å²) in [4.78, 5) is 107. The molecule has 5 aliphatic rings. The van der Waals surface area contributed by atoms with Gasteiger partial charge in [-0.05, 0) is 292 Å². The molecule has 12 aromatic rings. The van der Waals surface area contributed by atoms with E-state index < -0.39 is 35.0 Å². The number of halogens is 1. The van der Waals surface area contributed by atoms with E-state index in [-0.39, 0.29) is 63.5 Å². The SMILES string of the molecule is CC(C)(C)N.CC=C(C(=O)OC)C(=O)OC.COC(=O)c1cc(C2CC2)c(-c2ccc3c(ccn3C)c2)[nH]c1=O.CON(C)C(=O)CC1CC1.Cn1ccc2cc(-c3[nH]c(=O)c(C(=O)O)cc3C3CC3)ccc21.Cn1ccc2cc(Br)ccc21.Cn1ccc2cc(C(=O)CC3CC3)ccc21.Cn1ccc2cc(C(CC3CC3)=NC(C)(C)C)ccc21.[Li+].[OH-].[OH-]. The molecule has 5 fully saturated rings. The van der Waals surface area contributed by atoms with E-state index >= 15 is 0 Å². The van der Waals surface area contributed by atoms with Crippen molar-refractivity contribution < 1.29 is 82.7 Å². The van der Waals surface area contributed by atoms with Gasteiger partial charge >= 0.3 is 42.7 Å².